The molecular formula is C20H18N3O2S+. The van der Waals surface area contributed by atoms with Gasteiger partial charge in [0.05, 0.1) is 11.0 Å². The van der Waals surface area contributed by atoms with Crippen molar-refractivity contribution in [2.45, 2.75) is 11.8 Å². The molecule has 4 aromatic rings. The summed E-state index contributed by atoms with van der Waals surface area (Å²) in [5.74, 6) is 0.767. The molecular weight excluding hydrogens is 346 g/mol. The van der Waals surface area contributed by atoms with E-state index in [0.29, 0.717) is 0 Å². The molecule has 0 saturated heterocycles. The summed E-state index contributed by atoms with van der Waals surface area (Å²) in [5.41, 5.74) is 4.92. The quantitative estimate of drug-likeness (QED) is 0.607. The molecule has 1 heterocycles. The molecule has 26 heavy (non-hydrogen) atoms. The zero-order valence-corrected chi connectivity index (χ0v) is 15.1. The lowest BCUT2D eigenvalue weighted by Crippen LogP contribution is -2.56. The average Bonchev–Trinajstić information content (AvgIpc) is 3.01. The highest BCUT2D eigenvalue weighted by atomic mass is 32.2. The Morgan fingerprint density at radius 2 is 1.54 bits per heavy atom. The van der Waals surface area contributed by atoms with Gasteiger partial charge in [-0.05, 0) is 55.5 Å². The minimum Gasteiger partial charge on any atom is -0.292 e. The van der Waals surface area contributed by atoms with Gasteiger partial charge in [-0.1, -0.05) is 29.8 Å². The zero-order chi connectivity index (χ0) is 18.3. The number of rotatable bonds is 3. The first kappa shape index (κ1) is 16.5. The van der Waals surface area contributed by atoms with E-state index in [1.807, 2.05) is 24.3 Å². The van der Waals surface area contributed by atoms with Crippen molar-refractivity contribution < 1.29 is 13.6 Å². The van der Waals surface area contributed by atoms with Crippen molar-refractivity contribution in [3.05, 3.63) is 78.4 Å². The number of aromatic nitrogens is 2. The van der Waals surface area contributed by atoms with Gasteiger partial charge in [0.1, 0.15) is 10.7 Å². The van der Waals surface area contributed by atoms with Gasteiger partial charge in [0.15, 0.2) is 0 Å². The van der Waals surface area contributed by atoms with Crippen molar-refractivity contribution in [1.29, 1.82) is 0 Å². The molecule has 130 valence electrons. The van der Waals surface area contributed by atoms with Gasteiger partial charge in [0.2, 0.25) is 0 Å². The van der Waals surface area contributed by atoms with Crippen molar-refractivity contribution in [2.24, 2.45) is 0 Å². The Morgan fingerprint density at radius 3 is 2.19 bits per heavy atom. The van der Waals surface area contributed by atoms with Crippen molar-refractivity contribution in [3.8, 4) is 17.1 Å². The van der Waals surface area contributed by atoms with Crippen LogP contribution in [0.4, 0.5) is 0 Å². The highest BCUT2D eigenvalue weighted by molar-refractivity contribution is 7.84. The smallest absolute Gasteiger partial charge is 0.292 e. The normalized spacial score (nSPS) is 11.8. The van der Waals surface area contributed by atoms with E-state index in [9.17, 15) is 8.42 Å². The Bertz CT molecular complexity index is 1190. The second kappa shape index (κ2) is 6.09. The largest absolute Gasteiger partial charge is 0.322 e. The number of hydrogen-bond acceptors (Lipinski definition) is 3. The van der Waals surface area contributed by atoms with Gasteiger partial charge < -0.3 is 0 Å². The third-order valence-corrected chi connectivity index (χ3v) is 5.31. The van der Waals surface area contributed by atoms with Gasteiger partial charge in [-0.25, -0.2) is 10.1 Å². The average molecular weight is 364 g/mol. The second-order valence-corrected chi connectivity index (χ2v) is 7.94. The monoisotopic (exact) mass is 364 g/mol. The lowest BCUT2D eigenvalue weighted by Gasteiger charge is -2.10. The first-order valence-electron chi connectivity index (χ1n) is 8.16. The molecule has 0 radical (unpaired) electrons. The van der Waals surface area contributed by atoms with Crippen LogP contribution in [0.25, 0.3) is 28.1 Å². The van der Waals surface area contributed by atoms with Gasteiger partial charge in [0.25, 0.3) is 0 Å². The first-order valence-corrected chi connectivity index (χ1v) is 9.82. The summed E-state index contributed by atoms with van der Waals surface area (Å²) >= 11 is 0. The number of quaternary nitrogens is 1. The number of nitrogens with zero attached hydrogens (tertiary/aromatic N) is 2. The number of fused-ring (bicyclic) bond motifs is 1. The molecule has 0 saturated carbocycles. The third-order valence-electron chi connectivity index (χ3n) is 4.32. The van der Waals surface area contributed by atoms with E-state index in [0.717, 1.165) is 28.1 Å². The van der Waals surface area contributed by atoms with Crippen LogP contribution in [0.1, 0.15) is 5.56 Å². The number of sulfonamides is 1. The van der Waals surface area contributed by atoms with E-state index in [1.165, 1.54) is 5.56 Å². The van der Waals surface area contributed by atoms with E-state index >= 15 is 0 Å². The topological polar surface area (TPSA) is 79.6 Å². The van der Waals surface area contributed by atoms with Crippen LogP contribution in [0.5, 0.6) is 0 Å². The van der Waals surface area contributed by atoms with Gasteiger partial charge in [0, 0.05) is 11.3 Å². The van der Waals surface area contributed by atoms with Crippen LogP contribution in [0.3, 0.4) is 0 Å². The molecule has 0 amide bonds. The van der Waals surface area contributed by atoms with Crippen molar-refractivity contribution in [1.82, 2.24) is 9.55 Å². The van der Waals surface area contributed by atoms with Crippen LogP contribution >= 0.6 is 0 Å². The van der Waals surface area contributed by atoms with E-state index in [2.05, 4.69) is 40.9 Å². The fourth-order valence-corrected chi connectivity index (χ4v) is 3.54. The van der Waals surface area contributed by atoms with E-state index in [1.54, 1.807) is 24.3 Å². The lowest BCUT2D eigenvalue weighted by molar-refractivity contribution is -0.164. The summed E-state index contributed by atoms with van der Waals surface area (Å²) < 4.78 is 25.3. The number of hydrogen-bond donors (Lipinski definition) is 1. The van der Waals surface area contributed by atoms with E-state index < -0.39 is 10.0 Å². The Hall–Kier alpha value is -2.96. The van der Waals surface area contributed by atoms with Crippen LogP contribution in [-0.4, -0.2) is 18.0 Å². The molecule has 0 fully saturated rings. The molecule has 0 aliphatic rings. The van der Waals surface area contributed by atoms with Crippen LogP contribution in [-0.2, 0) is 10.0 Å². The predicted molar refractivity (Wildman–Crippen MR) is 101 cm³/mol. The van der Waals surface area contributed by atoms with Crippen molar-refractivity contribution in [2.75, 3.05) is 0 Å². The van der Waals surface area contributed by atoms with Gasteiger partial charge in [-0.2, -0.15) is 8.42 Å². The number of benzene rings is 3. The molecule has 0 aliphatic heterocycles. The Labute approximate surface area is 151 Å². The molecule has 0 atom stereocenters. The van der Waals surface area contributed by atoms with Crippen molar-refractivity contribution in [3.63, 3.8) is 0 Å². The maximum Gasteiger partial charge on any atom is 0.322 e. The van der Waals surface area contributed by atoms with Gasteiger partial charge in [-0.3, -0.25) is 4.57 Å². The third kappa shape index (κ3) is 2.89. The molecule has 0 unspecified atom stereocenters. The summed E-state index contributed by atoms with van der Waals surface area (Å²) in [7, 11) is -3.47. The molecule has 3 N–H and O–H groups in total. The standard InChI is InChI=1S/C20H17N3O2S/c1-14-6-10-16(11-7-14)23-19-5-3-2-4-18(19)22-20(23)15-8-12-17(13-9-15)26(21,24)25/h2-13H,1H3,(H2,21,24,25)/p+1. The molecule has 1 aromatic heterocycles. The van der Waals surface area contributed by atoms with Crippen LogP contribution in [0.2, 0.25) is 0 Å². The second-order valence-electron chi connectivity index (χ2n) is 6.23. The van der Waals surface area contributed by atoms with Gasteiger partial charge in [-0.15, -0.1) is 0 Å². The first-order chi connectivity index (χ1) is 12.4. The fraction of sp³-hybridized carbons (Fsp3) is 0.0500. The molecule has 4 rings (SSSR count). The highest BCUT2D eigenvalue weighted by Gasteiger charge is 2.16. The summed E-state index contributed by atoms with van der Waals surface area (Å²) in [6.07, 6.45) is 0. The Morgan fingerprint density at radius 1 is 0.885 bits per heavy atom. The summed E-state index contributed by atoms with van der Waals surface area (Å²) in [6, 6.07) is 22.8. The fourth-order valence-electron chi connectivity index (χ4n) is 2.99. The maximum absolute atomic E-state index is 11.6. The SMILES string of the molecule is Cc1ccc(-n2c(-c3ccc(S([NH3+])(=O)=O)cc3)nc3ccccc32)cc1. The number of imidazole rings is 1. The number of aryl methyl sites for hydroxylation is 1. The van der Waals surface area contributed by atoms with Crippen LogP contribution in [0.15, 0.2) is 77.7 Å². The summed E-state index contributed by atoms with van der Waals surface area (Å²) in [5, 5.41) is 3.20. The summed E-state index contributed by atoms with van der Waals surface area (Å²) in [6.45, 7) is 2.05. The zero-order valence-electron chi connectivity index (χ0n) is 14.3. The summed E-state index contributed by atoms with van der Waals surface area (Å²) in [4.78, 5) is 4.97. The Kier molecular flexibility index (Phi) is 3.86. The molecule has 0 spiro atoms. The maximum atomic E-state index is 11.6. The van der Waals surface area contributed by atoms with E-state index in [-0.39, 0.29) is 4.90 Å². The van der Waals surface area contributed by atoms with Crippen molar-refractivity contribution >= 4 is 21.1 Å². The predicted octanol–water partition coefficient (Wildman–Crippen LogP) is 2.93. The number of para-hydroxylation sites is 2. The van der Waals surface area contributed by atoms with E-state index in [4.69, 9.17) is 4.98 Å². The molecule has 6 heteroatoms. The minimum atomic E-state index is -3.47. The van der Waals surface area contributed by atoms with Crippen LogP contribution < -0.4 is 5.14 Å². The van der Waals surface area contributed by atoms with Gasteiger partial charge >= 0.3 is 10.0 Å². The van der Waals surface area contributed by atoms with Crippen LogP contribution in [0, 0.1) is 6.92 Å². The molecule has 3 aromatic carbocycles. The Balaban J connectivity index is 1.95. The molecule has 5 nitrogen and oxygen atoms in total. The highest BCUT2D eigenvalue weighted by Crippen LogP contribution is 2.29. The molecule has 0 bridgehead atoms. The minimum absolute atomic E-state index is 0.194. The molecule has 0 aliphatic carbocycles. The lowest BCUT2D eigenvalue weighted by atomic mass is 10.2.